The minimum absolute atomic E-state index is 0.0105. The molecule has 0 bridgehead atoms. The fourth-order valence-corrected chi connectivity index (χ4v) is 2.37. The van der Waals surface area contributed by atoms with Crippen LogP contribution in [-0.4, -0.2) is 24.8 Å². The number of halogens is 3. The Balaban J connectivity index is 2.43. The Morgan fingerprint density at radius 2 is 1.85 bits per heavy atom. The van der Waals surface area contributed by atoms with E-state index in [0.29, 0.717) is 12.8 Å². The summed E-state index contributed by atoms with van der Waals surface area (Å²) >= 11 is 0. The molecule has 0 fully saturated rings. The molecule has 0 amide bonds. The molecule has 2 rings (SSSR count). The number of phenolic OH excluding ortho intramolecular Hbond substituents is 1. The second-order valence-electron chi connectivity index (χ2n) is 4.23. The number of phenols is 1. The fraction of sp³-hybridized carbons (Fsp3) is 0.364. The first-order valence-electron chi connectivity index (χ1n) is 5.51. The molecule has 1 N–H and O–H groups in total. The van der Waals surface area contributed by atoms with E-state index < -0.39 is 27.1 Å². The second kappa shape index (κ2) is 4.65. The van der Waals surface area contributed by atoms with Gasteiger partial charge in [-0.05, 0) is 18.9 Å². The number of rotatable bonds is 2. The van der Waals surface area contributed by atoms with Crippen molar-refractivity contribution in [2.75, 3.05) is 0 Å². The largest absolute Gasteiger partial charge is 0.534 e. The van der Waals surface area contributed by atoms with Gasteiger partial charge in [-0.2, -0.15) is 21.6 Å². The zero-order valence-electron chi connectivity index (χ0n) is 9.90. The highest BCUT2D eigenvalue weighted by molar-refractivity contribution is 7.88. The highest BCUT2D eigenvalue weighted by Crippen LogP contribution is 2.35. The van der Waals surface area contributed by atoms with Gasteiger partial charge in [0.25, 0.3) is 0 Å². The summed E-state index contributed by atoms with van der Waals surface area (Å²) in [5.41, 5.74) is -5.30. The molecule has 0 saturated carbocycles. The molecule has 110 valence electrons. The number of ketones is 1. The molecule has 0 heterocycles. The van der Waals surface area contributed by atoms with Crippen molar-refractivity contribution in [3.8, 4) is 11.5 Å². The molecule has 20 heavy (non-hydrogen) atoms. The molecule has 1 aliphatic rings. The van der Waals surface area contributed by atoms with Gasteiger partial charge in [-0.25, -0.2) is 0 Å². The van der Waals surface area contributed by atoms with Gasteiger partial charge in [0.05, 0.1) is 0 Å². The number of carbonyl (C=O) groups excluding carboxylic acids is 1. The Kier molecular flexibility index (Phi) is 3.41. The summed E-state index contributed by atoms with van der Waals surface area (Å²) in [5.74, 6) is -1.58. The Hall–Kier alpha value is -1.77. The lowest BCUT2D eigenvalue weighted by Crippen LogP contribution is -2.28. The third kappa shape index (κ3) is 2.58. The zero-order chi connectivity index (χ0) is 15.1. The van der Waals surface area contributed by atoms with Gasteiger partial charge in [0.15, 0.2) is 5.78 Å². The Morgan fingerprint density at radius 1 is 1.20 bits per heavy atom. The maximum atomic E-state index is 12.2. The van der Waals surface area contributed by atoms with Gasteiger partial charge in [-0.3, -0.25) is 4.79 Å². The summed E-state index contributed by atoms with van der Waals surface area (Å²) in [7, 11) is -5.83. The van der Waals surface area contributed by atoms with Crippen LogP contribution in [0, 0.1) is 0 Å². The molecule has 1 aromatic carbocycles. The normalized spacial score (nSPS) is 15.8. The number of hydrogen-bond donors (Lipinski definition) is 1. The van der Waals surface area contributed by atoms with Crippen LogP contribution in [0.3, 0.4) is 0 Å². The van der Waals surface area contributed by atoms with Crippen LogP contribution in [0.25, 0.3) is 0 Å². The topological polar surface area (TPSA) is 80.7 Å². The van der Waals surface area contributed by atoms with E-state index in [-0.39, 0.29) is 23.3 Å². The van der Waals surface area contributed by atoms with Crippen molar-refractivity contribution in [1.82, 2.24) is 0 Å². The average Bonchev–Trinajstić information content (AvgIpc) is 2.28. The summed E-state index contributed by atoms with van der Waals surface area (Å²) < 4.78 is 62.2. The van der Waals surface area contributed by atoms with Crippen LogP contribution in [0.2, 0.25) is 0 Å². The van der Waals surface area contributed by atoms with Crippen LogP contribution in [-0.2, 0) is 16.5 Å². The van der Waals surface area contributed by atoms with Gasteiger partial charge < -0.3 is 9.29 Å². The van der Waals surface area contributed by atoms with Crippen LogP contribution in [0.4, 0.5) is 13.2 Å². The first-order chi connectivity index (χ1) is 9.12. The lowest BCUT2D eigenvalue weighted by atomic mass is 9.90. The zero-order valence-corrected chi connectivity index (χ0v) is 10.7. The molecular formula is C11H9F3O5S. The van der Waals surface area contributed by atoms with Gasteiger partial charge >= 0.3 is 15.6 Å². The number of alkyl halides is 3. The van der Waals surface area contributed by atoms with Crippen molar-refractivity contribution in [1.29, 1.82) is 0 Å². The Bertz CT molecular complexity index is 663. The lowest BCUT2D eigenvalue weighted by Gasteiger charge is -2.17. The van der Waals surface area contributed by atoms with Gasteiger partial charge in [-0.15, -0.1) is 0 Å². The Labute approximate surface area is 112 Å². The second-order valence-corrected chi connectivity index (χ2v) is 5.77. The maximum Gasteiger partial charge on any atom is 0.534 e. The van der Waals surface area contributed by atoms with E-state index in [1.54, 1.807) is 0 Å². The van der Waals surface area contributed by atoms with Gasteiger partial charge in [0.1, 0.15) is 11.5 Å². The van der Waals surface area contributed by atoms with E-state index >= 15 is 0 Å². The molecular weight excluding hydrogens is 301 g/mol. The van der Waals surface area contributed by atoms with E-state index in [9.17, 15) is 31.5 Å². The smallest absolute Gasteiger partial charge is 0.508 e. The van der Waals surface area contributed by atoms with Gasteiger partial charge in [0, 0.05) is 23.6 Å². The number of fused-ring (bicyclic) bond motifs is 1. The highest BCUT2D eigenvalue weighted by Gasteiger charge is 2.48. The van der Waals surface area contributed by atoms with Crippen molar-refractivity contribution in [3.05, 3.63) is 23.3 Å². The van der Waals surface area contributed by atoms with E-state index in [1.165, 1.54) is 0 Å². The number of aromatic hydroxyl groups is 1. The number of benzene rings is 1. The Morgan fingerprint density at radius 3 is 2.45 bits per heavy atom. The molecule has 9 heteroatoms. The van der Waals surface area contributed by atoms with Crippen LogP contribution in [0.15, 0.2) is 12.1 Å². The SMILES string of the molecule is O=C1CCCc2c(O)cc(OS(=O)(=O)C(F)(F)F)cc21. The molecule has 0 unspecified atom stereocenters. The standard InChI is InChI=1S/C11H9F3O5S/c12-11(13,14)20(17,18)19-6-4-8-7(10(16)5-6)2-1-3-9(8)15/h4-5,16H,1-3H2. The van der Waals surface area contributed by atoms with E-state index in [0.717, 1.165) is 12.1 Å². The number of carbonyl (C=O) groups is 1. The predicted molar refractivity (Wildman–Crippen MR) is 61.0 cm³/mol. The van der Waals surface area contributed by atoms with Crippen molar-refractivity contribution in [2.24, 2.45) is 0 Å². The minimum atomic E-state index is -5.83. The number of hydrogen-bond acceptors (Lipinski definition) is 5. The summed E-state index contributed by atoms with van der Waals surface area (Å²) in [6.07, 6.45) is 1.08. The first kappa shape index (κ1) is 14.6. The minimum Gasteiger partial charge on any atom is -0.508 e. The van der Waals surface area contributed by atoms with Crippen molar-refractivity contribution in [2.45, 2.75) is 24.8 Å². The van der Waals surface area contributed by atoms with Crippen molar-refractivity contribution in [3.63, 3.8) is 0 Å². The summed E-state index contributed by atoms with van der Waals surface area (Å²) in [6.45, 7) is 0. The summed E-state index contributed by atoms with van der Waals surface area (Å²) in [4.78, 5) is 11.6. The van der Waals surface area contributed by atoms with Crippen LogP contribution >= 0.6 is 0 Å². The first-order valence-corrected chi connectivity index (χ1v) is 6.92. The fourth-order valence-electron chi connectivity index (χ4n) is 1.92. The van der Waals surface area contributed by atoms with E-state index in [2.05, 4.69) is 4.18 Å². The quantitative estimate of drug-likeness (QED) is 0.668. The van der Waals surface area contributed by atoms with Crippen molar-refractivity contribution >= 4 is 15.9 Å². The van der Waals surface area contributed by atoms with Gasteiger partial charge in [0.2, 0.25) is 0 Å². The highest BCUT2D eigenvalue weighted by atomic mass is 32.2. The van der Waals surface area contributed by atoms with Crippen molar-refractivity contribution < 1.29 is 35.7 Å². The van der Waals surface area contributed by atoms with Crippen LogP contribution in [0.5, 0.6) is 11.5 Å². The molecule has 5 nitrogen and oxygen atoms in total. The molecule has 0 aliphatic heterocycles. The molecule has 0 spiro atoms. The molecule has 0 atom stereocenters. The third-order valence-electron chi connectivity index (χ3n) is 2.82. The molecule has 1 aliphatic carbocycles. The summed E-state index contributed by atoms with van der Waals surface area (Å²) in [6, 6.07) is 1.65. The van der Waals surface area contributed by atoms with Crippen LogP contribution in [0.1, 0.15) is 28.8 Å². The average molecular weight is 310 g/mol. The summed E-state index contributed by atoms with van der Waals surface area (Å²) in [5, 5.41) is 9.65. The predicted octanol–water partition coefficient (Wildman–Crippen LogP) is 2.14. The molecule has 0 saturated heterocycles. The maximum absolute atomic E-state index is 12.2. The number of Topliss-reactive ketones (excluding diaryl/α,β-unsaturated/α-hetero) is 1. The van der Waals surface area contributed by atoms with Gasteiger partial charge in [-0.1, -0.05) is 0 Å². The van der Waals surface area contributed by atoms with E-state index in [4.69, 9.17) is 0 Å². The molecule has 0 radical (unpaired) electrons. The van der Waals surface area contributed by atoms with E-state index in [1.807, 2.05) is 0 Å². The van der Waals surface area contributed by atoms with Crippen LogP contribution < -0.4 is 4.18 Å². The lowest BCUT2D eigenvalue weighted by molar-refractivity contribution is -0.0500. The molecule has 1 aromatic rings. The third-order valence-corrected chi connectivity index (χ3v) is 3.80. The molecule has 0 aromatic heterocycles. The monoisotopic (exact) mass is 310 g/mol.